The molecule has 2 aromatic heterocycles. The molecule has 4 nitrogen and oxygen atoms in total. The number of hydrogen-bond acceptors (Lipinski definition) is 5. The van der Waals surface area contributed by atoms with Gasteiger partial charge in [-0.3, -0.25) is 15.2 Å². The van der Waals surface area contributed by atoms with E-state index in [1.54, 1.807) is 6.07 Å². The molecule has 0 saturated heterocycles. The minimum atomic E-state index is -2.95. The molecule has 0 amide bonds. The van der Waals surface area contributed by atoms with Crippen LogP contribution in [0.4, 0.5) is 8.78 Å². The summed E-state index contributed by atoms with van der Waals surface area (Å²) < 4.78 is 26.1. The Morgan fingerprint density at radius 1 is 1.33 bits per heavy atom. The predicted octanol–water partition coefficient (Wildman–Crippen LogP) is 5.19. The summed E-state index contributed by atoms with van der Waals surface area (Å²) in [5.41, 5.74) is 0.344. The Balaban J connectivity index is 2.52. The first-order valence-electron chi connectivity index (χ1n) is 5.14. The third kappa shape index (κ3) is 3.45. The maximum absolute atomic E-state index is 12.4. The van der Waals surface area contributed by atoms with Crippen LogP contribution in [0, 0.1) is 10.8 Å². The topological polar surface area (TPSA) is 65.0 Å². The number of pyridine rings is 1. The van der Waals surface area contributed by atoms with Crippen molar-refractivity contribution in [1.82, 2.24) is 9.38 Å². The minimum Gasteiger partial charge on any atom is -0.294 e. The molecule has 2 aromatic rings. The van der Waals surface area contributed by atoms with Gasteiger partial charge in [0.1, 0.15) is 15.6 Å². The molecule has 11 heteroatoms. The first kappa shape index (κ1) is 16.8. The third-order valence-corrected chi connectivity index (χ3v) is 4.59. The second-order valence-corrected chi connectivity index (χ2v) is 6.55. The van der Waals surface area contributed by atoms with E-state index in [0.29, 0.717) is 22.2 Å². The number of aromatic nitrogens is 2. The van der Waals surface area contributed by atoms with Gasteiger partial charge in [0.05, 0.1) is 5.02 Å². The van der Waals surface area contributed by atoms with Crippen LogP contribution in [0.3, 0.4) is 0 Å². The van der Waals surface area contributed by atoms with Crippen LogP contribution in [0.2, 0.25) is 10.2 Å². The Morgan fingerprint density at radius 3 is 2.57 bits per heavy atom. The van der Waals surface area contributed by atoms with E-state index in [-0.39, 0.29) is 21.0 Å². The van der Waals surface area contributed by atoms with Crippen molar-refractivity contribution in [3.05, 3.63) is 28.3 Å². The van der Waals surface area contributed by atoms with Crippen molar-refractivity contribution in [2.75, 3.05) is 0 Å². The van der Waals surface area contributed by atoms with Crippen LogP contribution in [-0.2, 0) is 0 Å². The molecule has 0 aromatic carbocycles. The molecule has 0 aliphatic carbocycles. The Labute approximate surface area is 140 Å². The summed E-state index contributed by atoms with van der Waals surface area (Å²) in [5, 5.41) is 13.9. The largest absolute Gasteiger partial charge is 0.294 e. The fourth-order valence-electron chi connectivity index (χ4n) is 1.50. The number of fused-ring (bicyclic) bond motifs is 1. The Kier molecular flexibility index (Phi) is 5.37. The predicted molar refractivity (Wildman–Crippen MR) is 85.1 cm³/mol. The molecule has 0 bridgehead atoms. The first-order chi connectivity index (χ1) is 9.85. The van der Waals surface area contributed by atoms with E-state index in [2.05, 4.69) is 4.98 Å². The van der Waals surface area contributed by atoms with Crippen molar-refractivity contribution >= 4 is 72.2 Å². The van der Waals surface area contributed by atoms with E-state index < -0.39 is 11.5 Å². The van der Waals surface area contributed by atoms with Crippen molar-refractivity contribution in [2.45, 2.75) is 11.3 Å². The molecule has 0 saturated carbocycles. The van der Waals surface area contributed by atoms with Gasteiger partial charge in [-0.2, -0.15) is 0 Å². The lowest BCUT2D eigenvalue weighted by molar-refractivity contribution is 0.228. The zero-order chi connectivity index (χ0) is 15.7. The monoisotopic (exact) mass is 388 g/mol. The molecule has 112 valence electrons. The Morgan fingerprint density at radius 2 is 2.00 bits per heavy atom. The number of rotatable bonds is 3. The van der Waals surface area contributed by atoms with Gasteiger partial charge in [-0.05, 0) is 39.5 Å². The lowest BCUT2D eigenvalue weighted by atomic mass is 10.4. The highest BCUT2D eigenvalue weighted by Crippen LogP contribution is 2.33. The molecule has 0 radical (unpaired) electrons. The normalized spacial score (nSPS) is 11.3. The van der Waals surface area contributed by atoms with E-state index in [4.69, 9.17) is 44.7 Å². The maximum Gasteiger partial charge on any atom is 0.285 e. The van der Waals surface area contributed by atoms with Crippen molar-refractivity contribution in [2.24, 2.45) is 0 Å². The van der Waals surface area contributed by atoms with E-state index in [1.807, 2.05) is 0 Å². The van der Waals surface area contributed by atoms with E-state index in [9.17, 15) is 8.78 Å². The van der Waals surface area contributed by atoms with Gasteiger partial charge >= 0.3 is 0 Å². The fraction of sp³-hybridized carbons (Fsp3) is 0.100. The van der Waals surface area contributed by atoms with Crippen LogP contribution in [-0.4, -0.2) is 25.9 Å². The molecule has 2 rings (SSSR count). The molecule has 2 heterocycles. The van der Waals surface area contributed by atoms with E-state index in [1.165, 1.54) is 10.6 Å². The highest BCUT2D eigenvalue weighted by Gasteiger charge is 2.21. The molecule has 0 atom stereocenters. The summed E-state index contributed by atoms with van der Waals surface area (Å²) in [6.45, 7) is 0. The van der Waals surface area contributed by atoms with Crippen LogP contribution in [0.1, 0.15) is 5.82 Å². The first-order valence-corrected chi connectivity index (χ1v) is 8.35. The lowest BCUT2D eigenvalue weighted by Gasteiger charge is -2.06. The molecule has 0 unspecified atom stereocenters. The number of hydrogen-bond donors (Lipinski definition) is 2. The summed E-state index contributed by atoms with van der Waals surface area (Å²) in [6, 6.07) is 1.57. The Bertz CT molecular complexity index is 735. The van der Waals surface area contributed by atoms with Crippen molar-refractivity contribution in [1.29, 1.82) is 10.8 Å². The second-order valence-electron chi connectivity index (χ2n) is 3.64. The molecule has 0 fully saturated rings. The highest BCUT2D eigenvalue weighted by atomic mass is 35.7. The molecule has 0 aliphatic rings. The summed E-state index contributed by atoms with van der Waals surface area (Å²) in [4.78, 5) is 4.52. The van der Waals surface area contributed by atoms with Crippen LogP contribution >= 0.6 is 56.6 Å². The van der Waals surface area contributed by atoms with Gasteiger partial charge in [0.2, 0.25) is 0 Å². The average molecular weight is 390 g/mol. The number of halogens is 5. The lowest BCUT2D eigenvalue weighted by Crippen LogP contribution is -2.10. The molecular weight excluding hydrogens is 385 g/mol. The van der Waals surface area contributed by atoms with Gasteiger partial charge in [-0.25, -0.2) is 13.8 Å². The summed E-state index contributed by atoms with van der Waals surface area (Å²) >= 11 is 12.3. The van der Waals surface area contributed by atoms with Crippen molar-refractivity contribution < 1.29 is 8.78 Å². The number of alkyl halides is 2. The molecule has 0 spiro atoms. The van der Waals surface area contributed by atoms with Gasteiger partial charge in [0.15, 0.2) is 11.0 Å². The third-order valence-electron chi connectivity index (χ3n) is 2.32. The van der Waals surface area contributed by atoms with E-state index in [0.717, 1.165) is 11.0 Å². The maximum atomic E-state index is 12.4. The van der Waals surface area contributed by atoms with E-state index >= 15 is 0 Å². The molecular formula is C10H5Cl3F2N4S2. The number of nitrogens with zero attached hydrogens (tertiary/aromatic N) is 2. The smallest absolute Gasteiger partial charge is 0.285 e. The molecule has 0 aliphatic heterocycles. The van der Waals surface area contributed by atoms with Gasteiger partial charge in [0.25, 0.3) is 6.43 Å². The highest BCUT2D eigenvalue weighted by molar-refractivity contribution is 8.26. The van der Waals surface area contributed by atoms with Crippen LogP contribution in [0.25, 0.3) is 5.52 Å². The molecule has 2 N–H and O–H groups in total. The number of thioether (sulfide) groups is 1. The van der Waals surface area contributed by atoms with Crippen LogP contribution < -0.4 is 0 Å². The SMILES string of the molecule is N=C(SC(=N)C(F)F)c1nc(Cl)c2c(Cl)cc(SCl)cn12. The second kappa shape index (κ2) is 6.70. The zero-order valence-electron chi connectivity index (χ0n) is 9.83. The minimum absolute atomic E-state index is 0.0138. The summed E-state index contributed by atoms with van der Waals surface area (Å²) in [7, 11) is 6.57. The van der Waals surface area contributed by atoms with Gasteiger partial charge in [0, 0.05) is 11.1 Å². The van der Waals surface area contributed by atoms with Gasteiger partial charge < -0.3 is 0 Å². The van der Waals surface area contributed by atoms with Crippen molar-refractivity contribution in [3.63, 3.8) is 0 Å². The standard InChI is InChI=1S/C10H5Cl3F2N4S2/c11-4-1-3(21-13)2-19-5(4)6(12)18-10(19)9(17)20-8(16)7(14)15/h1-2,7,16-17H. The zero-order valence-corrected chi connectivity index (χ0v) is 13.7. The number of imidazole rings is 1. The van der Waals surface area contributed by atoms with Gasteiger partial charge in [-0.15, -0.1) is 0 Å². The Hall–Kier alpha value is -0.540. The van der Waals surface area contributed by atoms with Crippen LogP contribution in [0.5, 0.6) is 0 Å². The number of nitrogens with one attached hydrogen (secondary N) is 2. The van der Waals surface area contributed by atoms with Crippen molar-refractivity contribution in [3.8, 4) is 0 Å². The fourth-order valence-corrected chi connectivity index (χ4v) is 3.29. The molecule has 21 heavy (non-hydrogen) atoms. The van der Waals surface area contributed by atoms with Crippen LogP contribution in [0.15, 0.2) is 17.2 Å². The summed E-state index contributed by atoms with van der Waals surface area (Å²) in [6.07, 6.45) is -1.41. The quantitative estimate of drug-likeness (QED) is 0.561. The average Bonchev–Trinajstić information content (AvgIpc) is 2.76. The summed E-state index contributed by atoms with van der Waals surface area (Å²) in [5.74, 6) is 0.0138. The van der Waals surface area contributed by atoms with Gasteiger partial charge in [-0.1, -0.05) is 23.2 Å².